The van der Waals surface area contributed by atoms with Gasteiger partial charge in [-0.3, -0.25) is 4.79 Å². The van der Waals surface area contributed by atoms with Crippen LogP contribution in [0, 0.1) is 19.3 Å². The summed E-state index contributed by atoms with van der Waals surface area (Å²) in [6.07, 6.45) is 14.4. The quantitative estimate of drug-likeness (QED) is 0.484. The monoisotopic (exact) mass is 424 g/mol. The first kappa shape index (κ1) is 23.4. The number of amides is 1. The Hall–Kier alpha value is -2.30. The lowest BCUT2D eigenvalue weighted by Crippen LogP contribution is -2.29. The number of nitrogens with zero attached hydrogens (tertiary/aromatic N) is 3. The molecule has 0 bridgehead atoms. The van der Waals surface area contributed by atoms with Crippen molar-refractivity contribution in [3.05, 3.63) is 41.5 Å². The van der Waals surface area contributed by atoms with Gasteiger partial charge in [0.2, 0.25) is 5.91 Å². The molecule has 1 aliphatic heterocycles. The van der Waals surface area contributed by atoms with Gasteiger partial charge in [-0.25, -0.2) is 4.98 Å². The van der Waals surface area contributed by atoms with Crippen LogP contribution < -0.4 is 10.2 Å². The number of aryl methyl sites for hydroxylation is 3. The summed E-state index contributed by atoms with van der Waals surface area (Å²) in [4.78, 5) is 19.3. The fourth-order valence-electron chi connectivity index (χ4n) is 4.44. The van der Waals surface area contributed by atoms with Crippen LogP contribution in [-0.2, 0) is 17.8 Å². The van der Waals surface area contributed by atoms with Gasteiger partial charge >= 0.3 is 0 Å². The molecule has 0 aliphatic carbocycles. The molecule has 170 valence electrons. The van der Waals surface area contributed by atoms with E-state index in [-0.39, 0.29) is 5.91 Å². The maximum Gasteiger partial charge on any atom is 0.229 e. The Morgan fingerprint density at radius 2 is 1.71 bits per heavy atom. The van der Waals surface area contributed by atoms with Gasteiger partial charge in [-0.15, -0.1) is 0 Å². The summed E-state index contributed by atoms with van der Waals surface area (Å²) >= 11 is 0. The van der Waals surface area contributed by atoms with E-state index in [0.717, 1.165) is 31.7 Å². The van der Waals surface area contributed by atoms with Gasteiger partial charge in [-0.1, -0.05) is 52.5 Å². The average molecular weight is 425 g/mol. The summed E-state index contributed by atoms with van der Waals surface area (Å²) < 4.78 is 2.16. The second-order valence-corrected chi connectivity index (χ2v) is 10.1. The molecule has 0 atom stereocenters. The predicted octanol–water partition coefficient (Wildman–Crippen LogP) is 5.89. The molecule has 1 N–H and O–H groups in total. The van der Waals surface area contributed by atoms with Crippen LogP contribution in [0.15, 0.2) is 24.8 Å². The number of nitrogens with one attached hydrogen (secondary N) is 1. The van der Waals surface area contributed by atoms with E-state index in [1.165, 1.54) is 60.9 Å². The average Bonchev–Trinajstić information content (AvgIpc) is 3.36. The number of rotatable bonds is 10. The van der Waals surface area contributed by atoms with Gasteiger partial charge in [0.1, 0.15) is 0 Å². The second-order valence-electron chi connectivity index (χ2n) is 10.1. The summed E-state index contributed by atoms with van der Waals surface area (Å²) in [5.74, 6) is 0.0872. The van der Waals surface area contributed by atoms with Crippen molar-refractivity contribution in [2.45, 2.75) is 86.1 Å². The lowest BCUT2D eigenvalue weighted by Gasteiger charge is -2.26. The van der Waals surface area contributed by atoms with Crippen LogP contribution in [0.25, 0.3) is 0 Å². The highest BCUT2D eigenvalue weighted by atomic mass is 16.2. The van der Waals surface area contributed by atoms with Crippen molar-refractivity contribution in [2.75, 3.05) is 23.3 Å². The maximum absolute atomic E-state index is 12.7. The van der Waals surface area contributed by atoms with Crippen LogP contribution in [0.1, 0.15) is 76.0 Å². The zero-order valence-electron chi connectivity index (χ0n) is 20.1. The zero-order valence-corrected chi connectivity index (χ0v) is 20.1. The zero-order chi connectivity index (χ0) is 22.4. The third-order valence-corrected chi connectivity index (χ3v) is 6.35. The second kappa shape index (κ2) is 10.3. The van der Waals surface area contributed by atoms with Crippen molar-refractivity contribution in [3.63, 3.8) is 0 Å². The third kappa shape index (κ3) is 6.11. The molecule has 0 unspecified atom stereocenters. The molecule has 1 aliphatic rings. The topological polar surface area (TPSA) is 50.2 Å². The molecule has 1 amide bonds. The summed E-state index contributed by atoms with van der Waals surface area (Å²) in [5.41, 5.74) is 5.83. The fraction of sp³-hybridized carbons (Fsp3) is 0.615. The largest absolute Gasteiger partial charge is 0.369 e. The first-order valence-corrected chi connectivity index (χ1v) is 11.9. The van der Waals surface area contributed by atoms with Crippen molar-refractivity contribution >= 4 is 17.3 Å². The van der Waals surface area contributed by atoms with Gasteiger partial charge in [-0.05, 0) is 49.8 Å². The molecule has 1 aromatic carbocycles. The summed E-state index contributed by atoms with van der Waals surface area (Å²) in [5, 5.41) is 3.26. The highest BCUT2D eigenvalue weighted by Crippen LogP contribution is 2.40. The van der Waals surface area contributed by atoms with Crippen LogP contribution in [-0.4, -0.2) is 28.5 Å². The highest BCUT2D eigenvalue weighted by molar-refractivity contribution is 5.99. The third-order valence-electron chi connectivity index (χ3n) is 6.35. The van der Waals surface area contributed by atoms with E-state index in [2.05, 4.69) is 39.7 Å². The standard InChI is InChI=1S/C26H40N4O/c1-20-18-21(2)23(28-25(31)26(3,4)5)24-22(20)12-16-30(24)15-11-9-7-6-8-10-14-29-17-13-27-19-29/h13,17-19H,6-12,14-16H2,1-5H3,(H,28,31). The van der Waals surface area contributed by atoms with E-state index in [1.54, 1.807) is 0 Å². The van der Waals surface area contributed by atoms with Crippen molar-refractivity contribution in [1.82, 2.24) is 9.55 Å². The van der Waals surface area contributed by atoms with E-state index in [4.69, 9.17) is 0 Å². The van der Waals surface area contributed by atoms with Crippen molar-refractivity contribution in [3.8, 4) is 0 Å². The predicted molar refractivity (Wildman–Crippen MR) is 130 cm³/mol. The summed E-state index contributed by atoms with van der Waals surface area (Å²) in [6.45, 7) is 13.4. The number of hydrogen-bond donors (Lipinski definition) is 1. The van der Waals surface area contributed by atoms with Crippen LogP contribution in [0.3, 0.4) is 0 Å². The number of benzene rings is 1. The molecule has 1 aromatic heterocycles. The molecular formula is C26H40N4O. The number of unbranched alkanes of at least 4 members (excludes halogenated alkanes) is 5. The molecule has 5 nitrogen and oxygen atoms in total. The molecule has 0 spiro atoms. The Morgan fingerprint density at radius 3 is 2.35 bits per heavy atom. The fourth-order valence-corrected chi connectivity index (χ4v) is 4.44. The normalized spacial score (nSPS) is 13.5. The lowest BCUT2D eigenvalue weighted by molar-refractivity contribution is -0.123. The number of fused-ring (bicyclic) bond motifs is 1. The molecule has 2 heterocycles. The summed E-state index contributed by atoms with van der Waals surface area (Å²) in [7, 11) is 0. The van der Waals surface area contributed by atoms with E-state index in [0.29, 0.717) is 0 Å². The minimum atomic E-state index is -0.397. The molecule has 3 rings (SSSR count). The minimum absolute atomic E-state index is 0.0872. The molecule has 31 heavy (non-hydrogen) atoms. The number of hydrogen-bond acceptors (Lipinski definition) is 3. The van der Waals surface area contributed by atoms with E-state index in [1.807, 2.05) is 39.5 Å². The van der Waals surface area contributed by atoms with E-state index >= 15 is 0 Å². The number of carbonyl (C=O) groups is 1. The SMILES string of the molecule is Cc1cc(C)c(NC(=O)C(C)(C)C)c2c1CCN2CCCCCCCCn1ccnc1. The first-order valence-electron chi connectivity index (χ1n) is 11.9. The van der Waals surface area contributed by atoms with Gasteiger partial charge < -0.3 is 14.8 Å². The molecular weight excluding hydrogens is 384 g/mol. The maximum atomic E-state index is 12.7. The van der Waals surface area contributed by atoms with Crippen molar-refractivity contribution in [2.24, 2.45) is 5.41 Å². The number of imidazole rings is 1. The van der Waals surface area contributed by atoms with Gasteiger partial charge in [-0.2, -0.15) is 0 Å². The van der Waals surface area contributed by atoms with Crippen molar-refractivity contribution in [1.29, 1.82) is 0 Å². The van der Waals surface area contributed by atoms with Crippen LogP contribution in [0.4, 0.5) is 11.4 Å². The Labute approximate surface area is 188 Å². The lowest BCUT2D eigenvalue weighted by atomic mass is 9.94. The highest BCUT2D eigenvalue weighted by Gasteiger charge is 2.28. The number of carbonyl (C=O) groups excluding carboxylic acids is 1. The molecule has 5 heteroatoms. The Bertz CT molecular complexity index is 865. The van der Waals surface area contributed by atoms with E-state index in [9.17, 15) is 4.79 Å². The molecule has 0 saturated carbocycles. The Balaban J connectivity index is 1.50. The smallest absolute Gasteiger partial charge is 0.229 e. The molecule has 0 saturated heterocycles. The van der Waals surface area contributed by atoms with Crippen molar-refractivity contribution < 1.29 is 4.79 Å². The Kier molecular flexibility index (Phi) is 7.79. The van der Waals surface area contributed by atoms with Gasteiger partial charge in [0, 0.05) is 37.4 Å². The molecule has 0 radical (unpaired) electrons. The summed E-state index contributed by atoms with van der Waals surface area (Å²) in [6, 6.07) is 2.23. The first-order chi connectivity index (χ1) is 14.8. The minimum Gasteiger partial charge on any atom is -0.369 e. The van der Waals surface area contributed by atoms with Gasteiger partial charge in [0.05, 0.1) is 17.7 Å². The Morgan fingerprint density at radius 1 is 1.03 bits per heavy atom. The van der Waals surface area contributed by atoms with Crippen LogP contribution in [0.5, 0.6) is 0 Å². The van der Waals surface area contributed by atoms with Gasteiger partial charge in [0.25, 0.3) is 0 Å². The van der Waals surface area contributed by atoms with Crippen LogP contribution in [0.2, 0.25) is 0 Å². The molecule has 2 aromatic rings. The van der Waals surface area contributed by atoms with E-state index < -0.39 is 5.41 Å². The number of anilines is 2. The van der Waals surface area contributed by atoms with Gasteiger partial charge in [0.15, 0.2) is 0 Å². The molecule has 0 fully saturated rings. The number of aromatic nitrogens is 2. The van der Waals surface area contributed by atoms with Crippen LogP contribution >= 0.6 is 0 Å².